The molecule has 0 saturated carbocycles. The van der Waals surface area contributed by atoms with Crippen molar-refractivity contribution in [2.75, 3.05) is 19.0 Å². The summed E-state index contributed by atoms with van der Waals surface area (Å²) >= 11 is 0. The fraction of sp³-hybridized carbons (Fsp3) is 0.318. The molecule has 0 saturated heterocycles. The Bertz CT molecular complexity index is 893. The minimum atomic E-state index is -0.439. The number of amides is 2. The van der Waals surface area contributed by atoms with E-state index in [-0.39, 0.29) is 24.3 Å². The first kappa shape index (κ1) is 21.9. The van der Waals surface area contributed by atoms with Crippen molar-refractivity contribution in [3.8, 4) is 5.75 Å². The van der Waals surface area contributed by atoms with Crippen molar-refractivity contribution in [2.24, 2.45) is 5.92 Å². The molecule has 0 aliphatic rings. The predicted molar refractivity (Wildman–Crippen MR) is 110 cm³/mol. The number of anilines is 1. The Morgan fingerprint density at radius 2 is 1.83 bits per heavy atom. The third-order valence-corrected chi connectivity index (χ3v) is 4.12. The molecule has 2 rings (SSSR count). The van der Waals surface area contributed by atoms with E-state index >= 15 is 0 Å². The van der Waals surface area contributed by atoms with Crippen molar-refractivity contribution in [3.05, 3.63) is 59.2 Å². The number of rotatable bonds is 8. The van der Waals surface area contributed by atoms with Gasteiger partial charge in [-0.25, -0.2) is 4.79 Å². The van der Waals surface area contributed by atoms with Crippen LogP contribution in [0.2, 0.25) is 0 Å². The zero-order chi connectivity index (χ0) is 21.4. The van der Waals surface area contributed by atoms with Gasteiger partial charge in [-0.05, 0) is 42.8 Å². The van der Waals surface area contributed by atoms with Crippen molar-refractivity contribution in [1.82, 2.24) is 5.32 Å². The molecular formula is C22H26N2O5. The van der Waals surface area contributed by atoms with Gasteiger partial charge in [-0.1, -0.05) is 26.0 Å². The van der Waals surface area contributed by atoms with Crippen LogP contribution in [-0.4, -0.2) is 31.5 Å². The molecule has 0 bridgehead atoms. The topological polar surface area (TPSA) is 93.7 Å². The number of hydrogen-bond acceptors (Lipinski definition) is 5. The van der Waals surface area contributed by atoms with Gasteiger partial charge in [0.05, 0.1) is 24.8 Å². The van der Waals surface area contributed by atoms with Crippen LogP contribution in [0.15, 0.2) is 42.5 Å². The fourth-order valence-corrected chi connectivity index (χ4v) is 2.56. The first-order valence-electron chi connectivity index (χ1n) is 9.38. The number of ether oxygens (including phenoxy) is 2. The van der Waals surface area contributed by atoms with Gasteiger partial charge in [0, 0.05) is 18.2 Å². The molecule has 0 spiro atoms. The predicted octanol–water partition coefficient (Wildman–Crippen LogP) is 3.40. The molecule has 0 atom stereocenters. The quantitative estimate of drug-likeness (QED) is 0.665. The molecule has 7 heteroatoms. The van der Waals surface area contributed by atoms with E-state index in [0.717, 1.165) is 5.56 Å². The van der Waals surface area contributed by atoms with Crippen molar-refractivity contribution in [2.45, 2.75) is 27.3 Å². The summed E-state index contributed by atoms with van der Waals surface area (Å²) < 4.78 is 10.3. The van der Waals surface area contributed by atoms with Crippen molar-refractivity contribution < 1.29 is 23.9 Å². The van der Waals surface area contributed by atoms with E-state index in [2.05, 4.69) is 10.6 Å². The van der Waals surface area contributed by atoms with E-state index < -0.39 is 5.97 Å². The maximum Gasteiger partial charge on any atom is 0.337 e. The monoisotopic (exact) mass is 398 g/mol. The lowest BCUT2D eigenvalue weighted by atomic mass is 10.1. The maximum absolute atomic E-state index is 12.8. The van der Waals surface area contributed by atoms with Crippen LogP contribution >= 0.6 is 0 Å². The first-order chi connectivity index (χ1) is 13.8. The molecule has 7 nitrogen and oxygen atoms in total. The Kier molecular flexibility index (Phi) is 7.77. The van der Waals surface area contributed by atoms with Crippen LogP contribution < -0.4 is 15.4 Å². The summed E-state index contributed by atoms with van der Waals surface area (Å²) in [4.78, 5) is 36.4. The van der Waals surface area contributed by atoms with Gasteiger partial charge in [0.25, 0.3) is 5.91 Å². The number of hydrogen-bond donors (Lipinski definition) is 2. The van der Waals surface area contributed by atoms with Crippen LogP contribution in [0.3, 0.4) is 0 Å². The van der Waals surface area contributed by atoms with Crippen molar-refractivity contribution in [1.29, 1.82) is 0 Å². The van der Waals surface area contributed by atoms with Gasteiger partial charge < -0.3 is 20.1 Å². The van der Waals surface area contributed by atoms with Gasteiger partial charge in [-0.15, -0.1) is 0 Å². The number of carbonyl (C=O) groups excluding carboxylic acids is 3. The molecule has 2 amide bonds. The summed E-state index contributed by atoms with van der Waals surface area (Å²) in [6, 6.07) is 11.8. The second kappa shape index (κ2) is 10.3. The van der Waals surface area contributed by atoms with Gasteiger partial charge >= 0.3 is 5.97 Å². The minimum Gasteiger partial charge on any atom is -0.493 e. The molecule has 0 aromatic heterocycles. The van der Waals surface area contributed by atoms with Crippen LogP contribution in [-0.2, 0) is 16.1 Å². The van der Waals surface area contributed by atoms with Gasteiger partial charge in [0.1, 0.15) is 5.75 Å². The summed E-state index contributed by atoms with van der Waals surface area (Å²) in [5, 5.41) is 5.60. The standard InChI is InChI=1S/C22H26N2O5/c1-5-29-19-10-9-17(24-20(25)14(2)3)12-18(19)21(26)23-13-15-7-6-8-16(11-15)22(27)28-4/h6-12,14H,5,13H2,1-4H3,(H,23,26)(H,24,25). The van der Waals surface area contributed by atoms with Crippen LogP contribution in [0.1, 0.15) is 47.1 Å². The molecule has 0 fully saturated rings. The average Bonchev–Trinajstić information content (AvgIpc) is 2.72. The summed E-state index contributed by atoms with van der Waals surface area (Å²) in [7, 11) is 1.32. The third-order valence-electron chi connectivity index (χ3n) is 4.12. The highest BCUT2D eigenvalue weighted by Gasteiger charge is 2.16. The zero-order valence-electron chi connectivity index (χ0n) is 17.1. The van der Waals surface area contributed by atoms with Crippen molar-refractivity contribution in [3.63, 3.8) is 0 Å². The minimum absolute atomic E-state index is 0.139. The van der Waals surface area contributed by atoms with Crippen LogP contribution in [0.25, 0.3) is 0 Å². The fourth-order valence-electron chi connectivity index (χ4n) is 2.56. The SMILES string of the molecule is CCOc1ccc(NC(=O)C(C)C)cc1C(=O)NCc1cccc(C(=O)OC)c1. The number of benzene rings is 2. The Morgan fingerprint density at radius 1 is 1.07 bits per heavy atom. The van der Waals surface area contributed by atoms with E-state index in [9.17, 15) is 14.4 Å². The zero-order valence-corrected chi connectivity index (χ0v) is 17.1. The summed E-state index contributed by atoms with van der Waals surface area (Å²) in [6.07, 6.45) is 0. The van der Waals surface area contributed by atoms with Gasteiger partial charge in [-0.2, -0.15) is 0 Å². The van der Waals surface area contributed by atoms with Gasteiger partial charge in [0.15, 0.2) is 0 Å². The summed E-state index contributed by atoms with van der Waals surface area (Å²) in [6.45, 7) is 6.03. The van der Waals surface area contributed by atoms with Crippen LogP contribution in [0.4, 0.5) is 5.69 Å². The molecule has 0 unspecified atom stereocenters. The van der Waals surface area contributed by atoms with Crippen molar-refractivity contribution >= 4 is 23.5 Å². The van der Waals surface area contributed by atoms with Gasteiger partial charge in [-0.3, -0.25) is 9.59 Å². The molecule has 0 radical (unpaired) electrons. The van der Waals surface area contributed by atoms with E-state index in [1.54, 1.807) is 56.3 Å². The highest BCUT2D eigenvalue weighted by atomic mass is 16.5. The van der Waals surface area contributed by atoms with Gasteiger partial charge in [0.2, 0.25) is 5.91 Å². The smallest absolute Gasteiger partial charge is 0.337 e. The molecule has 2 aromatic rings. The molecule has 0 heterocycles. The van der Waals surface area contributed by atoms with Crippen LogP contribution in [0, 0.1) is 5.92 Å². The average molecular weight is 398 g/mol. The molecule has 0 aliphatic heterocycles. The summed E-state index contributed by atoms with van der Waals surface area (Å²) in [5.41, 5.74) is 2.00. The largest absolute Gasteiger partial charge is 0.493 e. The maximum atomic E-state index is 12.8. The lowest BCUT2D eigenvalue weighted by Gasteiger charge is -2.14. The van der Waals surface area contributed by atoms with E-state index in [1.807, 2.05) is 6.92 Å². The van der Waals surface area contributed by atoms with E-state index in [4.69, 9.17) is 9.47 Å². The third kappa shape index (κ3) is 6.07. The highest BCUT2D eigenvalue weighted by molar-refractivity contribution is 5.99. The first-order valence-corrected chi connectivity index (χ1v) is 9.38. The Hall–Kier alpha value is -3.35. The molecule has 154 valence electrons. The number of nitrogens with one attached hydrogen (secondary N) is 2. The number of esters is 1. The summed E-state index contributed by atoms with van der Waals surface area (Å²) in [5.74, 6) is -0.681. The molecule has 29 heavy (non-hydrogen) atoms. The molecule has 0 aliphatic carbocycles. The normalized spacial score (nSPS) is 10.4. The molecule has 2 N–H and O–H groups in total. The lowest BCUT2D eigenvalue weighted by molar-refractivity contribution is -0.118. The van der Waals surface area contributed by atoms with E-state index in [1.165, 1.54) is 7.11 Å². The Morgan fingerprint density at radius 3 is 2.48 bits per heavy atom. The highest BCUT2D eigenvalue weighted by Crippen LogP contribution is 2.23. The molecular weight excluding hydrogens is 372 g/mol. The Balaban J connectivity index is 2.17. The second-order valence-corrected chi connectivity index (χ2v) is 6.66. The lowest BCUT2D eigenvalue weighted by Crippen LogP contribution is -2.24. The molecule has 2 aromatic carbocycles. The van der Waals surface area contributed by atoms with E-state index in [0.29, 0.717) is 29.2 Å². The second-order valence-electron chi connectivity index (χ2n) is 6.66. The number of methoxy groups -OCH3 is 1. The Labute approximate surface area is 170 Å². The number of carbonyl (C=O) groups is 3. The van der Waals surface area contributed by atoms with Crippen LogP contribution in [0.5, 0.6) is 5.75 Å².